The molecule has 1 aromatic carbocycles. The van der Waals surface area contributed by atoms with Crippen LogP contribution in [0.4, 0.5) is 5.69 Å². The zero-order valence-corrected chi connectivity index (χ0v) is 11.7. The Bertz CT molecular complexity index is 578. The molecule has 1 unspecified atom stereocenters. The van der Waals surface area contributed by atoms with E-state index in [0.29, 0.717) is 19.5 Å². The molecule has 2 rings (SSSR count). The maximum Gasteiger partial charge on any atom is 0.309 e. The maximum atomic E-state index is 12.0. The number of rotatable bonds is 5. The van der Waals surface area contributed by atoms with Crippen LogP contribution in [0, 0.1) is 5.92 Å². The molecule has 1 amide bonds. The van der Waals surface area contributed by atoms with Gasteiger partial charge in [0.15, 0.2) is 0 Å². The van der Waals surface area contributed by atoms with E-state index in [0.717, 1.165) is 11.3 Å². The minimum absolute atomic E-state index is 0.0221. The molecule has 1 fully saturated rings. The number of carbonyl (C=O) groups is 2. The Morgan fingerprint density at radius 3 is 2.81 bits per heavy atom. The van der Waals surface area contributed by atoms with Crippen LogP contribution in [0.1, 0.15) is 12.0 Å². The Balaban J connectivity index is 2.03. The van der Waals surface area contributed by atoms with Crippen molar-refractivity contribution in [3.63, 3.8) is 0 Å². The van der Waals surface area contributed by atoms with Gasteiger partial charge in [-0.25, -0.2) is 0 Å². The molecule has 0 N–H and O–H groups in total. The summed E-state index contributed by atoms with van der Waals surface area (Å²) in [7, 11) is 1.35. The van der Waals surface area contributed by atoms with Crippen LogP contribution in [0.3, 0.4) is 0 Å². The van der Waals surface area contributed by atoms with Gasteiger partial charge in [0.1, 0.15) is 0 Å². The summed E-state index contributed by atoms with van der Waals surface area (Å²) in [5.41, 5.74) is 9.95. The summed E-state index contributed by atoms with van der Waals surface area (Å²) in [6, 6.07) is 7.23. The predicted molar refractivity (Wildman–Crippen MR) is 76.6 cm³/mol. The average Bonchev–Trinajstić information content (AvgIpc) is 2.87. The Hall–Kier alpha value is -2.53. The van der Waals surface area contributed by atoms with E-state index in [1.165, 1.54) is 7.11 Å². The average molecular weight is 288 g/mol. The fourth-order valence-electron chi connectivity index (χ4n) is 2.34. The molecule has 0 spiro atoms. The number of esters is 1. The number of benzene rings is 1. The molecule has 7 heteroatoms. The highest BCUT2D eigenvalue weighted by atomic mass is 16.5. The number of carbonyl (C=O) groups excluding carboxylic acids is 2. The zero-order chi connectivity index (χ0) is 15.2. The number of hydrogen-bond donors (Lipinski definition) is 0. The fourth-order valence-corrected chi connectivity index (χ4v) is 2.34. The molecule has 1 aromatic rings. The van der Waals surface area contributed by atoms with Gasteiger partial charge < -0.3 is 9.64 Å². The first-order chi connectivity index (χ1) is 10.1. The molecule has 21 heavy (non-hydrogen) atoms. The number of anilines is 1. The molecule has 0 saturated carbocycles. The number of azide groups is 1. The quantitative estimate of drug-likeness (QED) is 0.359. The van der Waals surface area contributed by atoms with Gasteiger partial charge in [0.05, 0.1) is 13.5 Å². The molecular weight excluding hydrogens is 272 g/mol. The minimum atomic E-state index is -0.297. The summed E-state index contributed by atoms with van der Waals surface area (Å²) >= 11 is 0. The Labute approximate surface area is 122 Å². The van der Waals surface area contributed by atoms with Gasteiger partial charge >= 0.3 is 5.97 Å². The third-order valence-electron chi connectivity index (χ3n) is 3.43. The monoisotopic (exact) mass is 288 g/mol. The van der Waals surface area contributed by atoms with Crippen LogP contribution in [0.2, 0.25) is 0 Å². The lowest BCUT2D eigenvalue weighted by atomic mass is 10.1. The molecular formula is C14H16N4O3. The van der Waals surface area contributed by atoms with Gasteiger partial charge in [-0.15, -0.1) is 0 Å². The van der Waals surface area contributed by atoms with Crippen LogP contribution in [0.15, 0.2) is 29.4 Å². The summed E-state index contributed by atoms with van der Waals surface area (Å²) in [6.07, 6.45) is 0.604. The summed E-state index contributed by atoms with van der Waals surface area (Å²) in [5.74, 6) is -0.216. The van der Waals surface area contributed by atoms with Crippen molar-refractivity contribution in [3.8, 4) is 0 Å². The zero-order valence-electron chi connectivity index (χ0n) is 11.7. The third-order valence-corrected chi connectivity index (χ3v) is 3.43. The third kappa shape index (κ3) is 3.73. The van der Waals surface area contributed by atoms with Crippen LogP contribution in [-0.4, -0.2) is 32.1 Å². The SMILES string of the molecule is COC(=O)Cc1ccc(N2CC(CN=[N+]=[N-])CC2=O)cc1. The first kappa shape index (κ1) is 14.9. The number of hydrogen-bond acceptors (Lipinski definition) is 4. The second kappa shape index (κ2) is 6.76. The Morgan fingerprint density at radius 1 is 1.48 bits per heavy atom. The smallest absolute Gasteiger partial charge is 0.309 e. The van der Waals surface area contributed by atoms with E-state index in [1.807, 2.05) is 12.1 Å². The molecule has 0 bridgehead atoms. The number of ether oxygens (including phenoxy) is 1. The van der Waals surface area contributed by atoms with Crippen molar-refractivity contribution < 1.29 is 14.3 Å². The van der Waals surface area contributed by atoms with Gasteiger partial charge in [0.25, 0.3) is 0 Å². The maximum absolute atomic E-state index is 12.0. The van der Waals surface area contributed by atoms with Crippen molar-refractivity contribution in [3.05, 3.63) is 40.3 Å². The van der Waals surface area contributed by atoms with Crippen LogP contribution in [-0.2, 0) is 20.7 Å². The first-order valence-electron chi connectivity index (χ1n) is 6.61. The molecule has 0 aromatic heterocycles. The van der Waals surface area contributed by atoms with Gasteiger partial charge in [-0.3, -0.25) is 9.59 Å². The topological polar surface area (TPSA) is 95.4 Å². The summed E-state index contributed by atoms with van der Waals surface area (Å²) in [5, 5.41) is 3.52. The van der Waals surface area contributed by atoms with Gasteiger partial charge in [-0.05, 0) is 29.1 Å². The van der Waals surface area contributed by atoms with Gasteiger partial charge in [-0.1, -0.05) is 17.2 Å². The Morgan fingerprint density at radius 2 is 2.19 bits per heavy atom. The second-order valence-corrected chi connectivity index (χ2v) is 4.91. The lowest BCUT2D eigenvalue weighted by Crippen LogP contribution is -2.24. The van der Waals surface area contributed by atoms with E-state index in [9.17, 15) is 9.59 Å². The van der Waals surface area contributed by atoms with Crippen LogP contribution in [0.25, 0.3) is 10.4 Å². The van der Waals surface area contributed by atoms with E-state index in [1.54, 1.807) is 17.0 Å². The molecule has 1 saturated heterocycles. The van der Waals surface area contributed by atoms with Crippen molar-refractivity contribution in [2.24, 2.45) is 11.0 Å². The molecule has 7 nitrogen and oxygen atoms in total. The van der Waals surface area contributed by atoms with Gasteiger partial charge in [0, 0.05) is 30.1 Å². The second-order valence-electron chi connectivity index (χ2n) is 4.91. The summed E-state index contributed by atoms with van der Waals surface area (Å²) < 4.78 is 4.61. The van der Waals surface area contributed by atoms with E-state index >= 15 is 0 Å². The van der Waals surface area contributed by atoms with Crippen molar-refractivity contribution in [1.82, 2.24) is 0 Å². The normalized spacial score (nSPS) is 17.5. The van der Waals surface area contributed by atoms with Crippen LogP contribution in [0.5, 0.6) is 0 Å². The van der Waals surface area contributed by atoms with Crippen molar-refractivity contribution >= 4 is 17.6 Å². The molecule has 1 aliphatic heterocycles. The molecule has 1 aliphatic rings. The minimum Gasteiger partial charge on any atom is -0.469 e. The summed E-state index contributed by atoms with van der Waals surface area (Å²) in [6.45, 7) is 0.882. The number of amides is 1. The first-order valence-corrected chi connectivity index (χ1v) is 6.61. The van der Waals surface area contributed by atoms with E-state index in [2.05, 4.69) is 14.8 Å². The molecule has 110 valence electrons. The van der Waals surface area contributed by atoms with Crippen LogP contribution >= 0.6 is 0 Å². The standard InChI is InChI=1S/C14H16N4O3/c1-21-14(20)7-10-2-4-12(5-3-10)18-9-11(6-13(18)19)8-16-17-15/h2-5,11H,6-9H2,1H3. The molecule has 1 atom stereocenters. The lowest BCUT2D eigenvalue weighted by Gasteiger charge is -2.16. The van der Waals surface area contributed by atoms with E-state index in [-0.39, 0.29) is 24.2 Å². The van der Waals surface area contributed by atoms with Crippen molar-refractivity contribution in [2.45, 2.75) is 12.8 Å². The fraction of sp³-hybridized carbons (Fsp3) is 0.429. The summed E-state index contributed by atoms with van der Waals surface area (Å²) in [4.78, 5) is 27.6. The van der Waals surface area contributed by atoms with Crippen LogP contribution < -0.4 is 4.90 Å². The highest BCUT2D eigenvalue weighted by molar-refractivity contribution is 5.95. The van der Waals surface area contributed by atoms with E-state index < -0.39 is 0 Å². The van der Waals surface area contributed by atoms with Crippen molar-refractivity contribution in [2.75, 3.05) is 25.1 Å². The Kier molecular flexibility index (Phi) is 4.79. The number of methoxy groups -OCH3 is 1. The molecule has 0 radical (unpaired) electrons. The van der Waals surface area contributed by atoms with Gasteiger partial charge in [0.2, 0.25) is 5.91 Å². The molecule has 1 heterocycles. The largest absolute Gasteiger partial charge is 0.469 e. The highest BCUT2D eigenvalue weighted by Crippen LogP contribution is 2.25. The van der Waals surface area contributed by atoms with E-state index in [4.69, 9.17) is 5.53 Å². The molecule has 0 aliphatic carbocycles. The highest BCUT2D eigenvalue weighted by Gasteiger charge is 2.29. The lowest BCUT2D eigenvalue weighted by molar-refractivity contribution is -0.139. The van der Waals surface area contributed by atoms with Crippen molar-refractivity contribution in [1.29, 1.82) is 0 Å². The predicted octanol–water partition coefficient (Wildman–Crippen LogP) is 2.07. The number of nitrogens with zero attached hydrogens (tertiary/aromatic N) is 4. The van der Waals surface area contributed by atoms with Gasteiger partial charge in [-0.2, -0.15) is 0 Å².